The number of aromatic nitrogens is 5. The molecule has 1 amide bonds. The van der Waals surface area contributed by atoms with Gasteiger partial charge in [0.2, 0.25) is 12.1 Å². The van der Waals surface area contributed by atoms with Crippen LogP contribution in [-0.2, 0) is 17.1 Å². The number of pyridine rings is 1. The molecule has 3 aromatic rings. The first kappa shape index (κ1) is 28.4. The molecule has 0 saturated carbocycles. The minimum Gasteiger partial charge on any atom is -0.476 e. The predicted octanol–water partition coefficient (Wildman–Crippen LogP) is 2.80. The van der Waals surface area contributed by atoms with E-state index in [1.165, 1.54) is 40.0 Å². The van der Waals surface area contributed by atoms with E-state index in [1.807, 2.05) is 18.7 Å². The normalized spacial score (nSPS) is 17.4. The van der Waals surface area contributed by atoms with Crippen molar-refractivity contribution in [3.05, 3.63) is 41.9 Å². The molecular weight excluding hydrogens is 539 g/mol. The van der Waals surface area contributed by atoms with E-state index < -0.39 is 35.1 Å². The van der Waals surface area contributed by atoms with E-state index >= 15 is 0 Å². The van der Waals surface area contributed by atoms with Gasteiger partial charge >= 0.3 is 6.18 Å². The Hall–Kier alpha value is -3.62. The van der Waals surface area contributed by atoms with Crippen LogP contribution in [0.5, 0.6) is 5.88 Å². The number of aryl methyl sites for hydroxylation is 2. The van der Waals surface area contributed by atoms with Crippen molar-refractivity contribution < 1.29 is 35.8 Å². The Morgan fingerprint density at radius 1 is 1.31 bits per heavy atom. The number of hydrogen-bond donors (Lipinski definition) is 2. The summed E-state index contributed by atoms with van der Waals surface area (Å²) >= 11 is 0. The topological polar surface area (TPSA) is 126 Å². The largest absolute Gasteiger partial charge is 0.476 e. The molecule has 11 nitrogen and oxygen atoms in total. The van der Waals surface area contributed by atoms with Crippen molar-refractivity contribution in [1.82, 2.24) is 24.6 Å². The zero-order valence-corrected chi connectivity index (χ0v) is 23.0. The van der Waals surface area contributed by atoms with Crippen LogP contribution < -0.4 is 19.0 Å². The highest BCUT2D eigenvalue weighted by molar-refractivity contribution is 7.90. The summed E-state index contributed by atoms with van der Waals surface area (Å²) in [6.07, 6.45) is -1.80. The van der Waals surface area contributed by atoms with Crippen LogP contribution in [-0.4, -0.2) is 59.1 Å². The fraction of sp³-hybridized carbons (Fsp3) is 0.500. The van der Waals surface area contributed by atoms with Gasteiger partial charge in [-0.1, -0.05) is 6.92 Å². The Kier molecular flexibility index (Phi) is 7.40. The van der Waals surface area contributed by atoms with E-state index in [2.05, 4.69) is 26.8 Å². The predicted molar refractivity (Wildman–Crippen MR) is 134 cm³/mol. The van der Waals surface area contributed by atoms with Crippen LogP contribution in [0.4, 0.5) is 19.0 Å². The lowest BCUT2D eigenvalue weighted by molar-refractivity contribution is -0.727. The number of halogens is 3. The maximum Gasteiger partial charge on any atom is 0.392 e. The molecule has 1 aliphatic heterocycles. The van der Waals surface area contributed by atoms with Crippen LogP contribution >= 0.6 is 0 Å². The number of nitrogens with one attached hydrogen (secondary N) is 2. The van der Waals surface area contributed by atoms with E-state index in [4.69, 9.17) is 4.74 Å². The third-order valence-electron chi connectivity index (χ3n) is 6.41. The monoisotopic (exact) mass is 570 g/mol. The van der Waals surface area contributed by atoms with E-state index in [0.29, 0.717) is 12.2 Å². The van der Waals surface area contributed by atoms with Crippen LogP contribution in [0.25, 0.3) is 5.82 Å². The lowest BCUT2D eigenvalue weighted by Crippen LogP contribution is -2.41. The van der Waals surface area contributed by atoms with Gasteiger partial charge in [0.25, 0.3) is 15.9 Å². The molecule has 0 unspecified atom stereocenters. The molecule has 4 rings (SSSR count). The summed E-state index contributed by atoms with van der Waals surface area (Å²) < 4.78 is 73.4. The third-order valence-corrected chi connectivity index (χ3v) is 7.85. The molecule has 0 aliphatic carbocycles. The second kappa shape index (κ2) is 10.2. The fourth-order valence-electron chi connectivity index (χ4n) is 4.82. The zero-order chi connectivity index (χ0) is 28.8. The van der Waals surface area contributed by atoms with Crippen molar-refractivity contribution in [2.24, 2.45) is 13.0 Å². The molecule has 4 heterocycles. The first-order chi connectivity index (χ1) is 18.1. The maximum absolute atomic E-state index is 13.4. The number of H-pyrrole nitrogens is 1. The summed E-state index contributed by atoms with van der Waals surface area (Å²) in [7, 11) is -2.56. The van der Waals surface area contributed by atoms with Crippen molar-refractivity contribution in [2.45, 2.75) is 57.1 Å². The first-order valence-corrected chi connectivity index (χ1v) is 13.7. The molecule has 0 radical (unpaired) electrons. The van der Waals surface area contributed by atoms with Crippen LogP contribution in [0, 0.1) is 12.8 Å². The van der Waals surface area contributed by atoms with E-state index in [-0.39, 0.29) is 39.4 Å². The Bertz CT molecular complexity index is 1480. The SMILES string of the molecule is Cc1[nH][n+](C)cc1S(=O)(=O)NC(=O)c1ccc(-n2ccc(OCCC(F)(F)F)n2)nc1N1C[C@@H](C)CC1(C)C. The molecule has 15 heteroatoms. The summed E-state index contributed by atoms with van der Waals surface area (Å²) in [5, 5.41) is 6.98. The second-order valence-electron chi connectivity index (χ2n) is 10.4. The first-order valence-electron chi connectivity index (χ1n) is 12.2. The van der Waals surface area contributed by atoms with Gasteiger partial charge in [-0.05, 0) is 45.2 Å². The molecule has 0 bridgehead atoms. The van der Waals surface area contributed by atoms with Gasteiger partial charge < -0.3 is 9.64 Å². The Morgan fingerprint density at radius 3 is 2.62 bits per heavy atom. The quantitative estimate of drug-likeness (QED) is 0.399. The molecule has 1 aliphatic rings. The molecule has 3 aromatic heterocycles. The highest BCUT2D eigenvalue weighted by Crippen LogP contribution is 2.37. The number of sulfonamides is 1. The molecule has 212 valence electrons. The van der Waals surface area contributed by atoms with Crippen LogP contribution in [0.3, 0.4) is 0 Å². The average molecular weight is 571 g/mol. The smallest absolute Gasteiger partial charge is 0.392 e. The van der Waals surface area contributed by atoms with Crippen LogP contribution in [0.1, 0.15) is 49.7 Å². The summed E-state index contributed by atoms with van der Waals surface area (Å²) in [6.45, 7) is 7.67. The van der Waals surface area contributed by atoms with Gasteiger partial charge in [-0.3, -0.25) is 4.79 Å². The number of alkyl halides is 3. The van der Waals surface area contributed by atoms with E-state index in [0.717, 1.165) is 6.42 Å². The van der Waals surface area contributed by atoms with Gasteiger partial charge in [-0.25, -0.2) is 22.8 Å². The molecule has 1 fully saturated rings. The Labute approximate surface area is 224 Å². The molecule has 2 N–H and O–H groups in total. The lowest BCUT2D eigenvalue weighted by atomic mass is 9.97. The van der Waals surface area contributed by atoms with Crippen molar-refractivity contribution in [1.29, 1.82) is 0 Å². The average Bonchev–Trinajstić information content (AvgIpc) is 3.48. The summed E-state index contributed by atoms with van der Waals surface area (Å²) in [6, 6.07) is 4.34. The number of anilines is 1. The number of amides is 1. The molecule has 1 saturated heterocycles. The van der Waals surface area contributed by atoms with Gasteiger partial charge in [0.05, 0.1) is 24.3 Å². The third kappa shape index (κ3) is 6.34. The Morgan fingerprint density at radius 2 is 2.03 bits per heavy atom. The number of hydrogen-bond acceptors (Lipinski definition) is 7. The van der Waals surface area contributed by atoms with Gasteiger partial charge in [0.1, 0.15) is 5.82 Å². The minimum absolute atomic E-state index is 0.0133. The molecule has 0 aromatic carbocycles. The number of rotatable bonds is 8. The standard InChI is InChI=1S/C24H30F3N7O4S/c1-15-12-23(3,4)33(13-15)21-17(22(35)31-39(36,37)18-14-32(5)29-16(18)2)6-7-19(28-21)34-10-8-20(30-34)38-11-9-24(25,26)27/h6-8,10,14-15H,9,11-13H2,1-5H3,(H,31,35)/p+1/t15-/m0/s1. The summed E-state index contributed by atoms with van der Waals surface area (Å²) in [4.78, 5) is 19.9. The van der Waals surface area contributed by atoms with E-state index in [1.54, 1.807) is 14.0 Å². The lowest BCUT2D eigenvalue weighted by Gasteiger charge is -2.34. The second-order valence-corrected chi connectivity index (χ2v) is 12.0. The van der Waals surface area contributed by atoms with Crippen molar-refractivity contribution in [3.8, 4) is 11.7 Å². The number of aromatic amines is 1. The molecule has 0 spiro atoms. The van der Waals surface area contributed by atoms with Gasteiger partial charge in [0, 0.05) is 24.3 Å². The Balaban J connectivity index is 1.67. The highest BCUT2D eigenvalue weighted by atomic mass is 32.2. The molecular formula is C24H31F3N7O4S+. The maximum atomic E-state index is 13.4. The van der Waals surface area contributed by atoms with Crippen molar-refractivity contribution in [3.63, 3.8) is 0 Å². The highest BCUT2D eigenvalue weighted by Gasteiger charge is 2.39. The van der Waals surface area contributed by atoms with Gasteiger partial charge in [-0.15, -0.1) is 9.78 Å². The van der Waals surface area contributed by atoms with Crippen LogP contribution in [0.15, 0.2) is 35.5 Å². The number of ether oxygens (including phenoxy) is 1. The summed E-state index contributed by atoms with van der Waals surface area (Å²) in [5.74, 6) is -0.0363. The number of carbonyl (C=O) groups excluding carboxylic acids is 1. The summed E-state index contributed by atoms with van der Waals surface area (Å²) in [5.41, 5.74) is 0.0312. The van der Waals surface area contributed by atoms with Gasteiger partial charge in [-0.2, -0.15) is 18.3 Å². The van der Waals surface area contributed by atoms with Crippen LogP contribution in [0.2, 0.25) is 0 Å². The van der Waals surface area contributed by atoms with E-state index in [9.17, 15) is 26.4 Å². The zero-order valence-electron chi connectivity index (χ0n) is 22.2. The number of nitrogens with zero attached hydrogens (tertiary/aromatic N) is 5. The van der Waals surface area contributed by atoms with Crippen molar-refractivity contribution >= 4 is 21.7 Å². The number of carbonyl (C=O) groups is 1. The van der Waals surface area contributed by atoms with Gasteiger partial charge in [0.15, 0.2) is 17.8 Å². The fourth-order valence-corrected chi connectivity index (χ4v) is 6.03. The van der Waals surface area contributed by atoms with Crippen molar-refractivity contribution in [2.75, 3.05) is 18.1 Å². The molecule has 1 atom stereocenters. The minimum atomic E-state index is -4.35. The molecule has 39 heavy (non-hydrogen) atoms.